The molecule has 0 saturated heterocycles. The van der Waals surface area contributed by atoms with Gasteiger partial charge in [0.05, 0.1) is 29.3 Å². The zero-order chi connectivity index (χ0) is 21.6. The Morgan fingerprint density at radius 1 is 1.33 bits per heavy atom. The van der Waals surface area contributed by atoms with E-state index in [1.807, 2.05) is 57.8 Å². The van der Waals surface area contributed by atoms with Crippen LogP contribution in [0.3, 0.4) is 0 Å². The van der Waals surface area contributed by atoms with Crippen LogP contribution in [0.25, 0.3) is 22.0 Å². The highest BCUT2D eigenvalue weighted by Gasteiger charge is 2.29. The first-order valence-corrected chi connectivity index (χ1v) is 10.3. The van der Waals surface area contributed by atoms with Crippen LogP contribution >= 0.6 is 0 Å². The van der Waals surface area contributed by atoms with Crippen molar-refractivity contribution in [2.45, 2.75) is 58.6 Å². The van der Waals surface area contributed by atoms with Gasteiger partial charge >= 0.3 is 0 Å². The Hall–Kier alpha value is -3.14. The number of rotatable bonds is 5. The lowest BCUT2D eigenvalue weighted by molar-refractivity contribution is -0.117. The van der Waals surface area contributed by atoms with Crippen molar-refractivity contribution in [3.05, 3.63) is 30.2 Å². The number of hydrogen-bond donors (Lipinski definition) is 0. The van der Waals surface area contributed by atoms with Crippen molar-refractivity contribution >= 4 is 16.7 Å². The number of nitrogens with zero attached hydrogens (tertiary/aromatic N) is 5. The third-order valence-electron chi connectivity index (χ3n) is 6.21. The van der Waals surface area contributed by atoms with Crippen molar-refractivity contribution in [2.75, 3.05) is 0 Å². The third-order valence-corrected chi connectivity index (χ3v) is 6.21. The Labute approximate surface area is 176 Å². The fraction of sp³-hybridized carbons (Fsp3) is 0.478. The summed E-state index contributed by atoms with van der Waals surface area (Å²) in [5.41, 5.74) is 2.99. The quantitative estimate of drug-likeness (QED) is 0.637. The fourth-order valence-electron chi connectivity index (χ4n) is 4.07. The van der Waals surface area contributed by atoms with E-state index in [1.165, 1.54) is 0 Å². The van der Waals surface area contributed by atoms with Crippen molar-refractivity contribution in [1.29, 1.82) is 5.26 Å². The van der Waals surface area contributed by atoms with Gasteiger partial charge in [-0.25, -0.2) is 0 Å². The van der Waals surface area contributed by atoms with Gasteiger partial charge in [-0.05, 0) is 51.8 Å². The van der Waals surface area contributed by atoms with Crippen LogP contribution in [0, 0.1) is 24.2 Å². The lowest BCUT2D eigenvalue weighted by Gasteiger charge is -2.21. The number of Topliss-reactive ketones (excluding diaryl/α,β-unsaturated/α-hetero) is 1. The van der Waals surface area contributed by atoms with Crippen LogP contribution in [-0.4, -0.2) is 31.4 Å². The zero-order valence-electron chi connectivity index (χ0n) is 18.1. The summed E-state index contributed by atoms with van der Waals surface area (Å²) >= 11 is 0. The molecule has 4 rings (SSSR count). The number of benzene rings is 1. The molecular weight excluding hydrogens is 378 g/mol. The number of aromatic nitrogens is 4. The summed E-state index contributed by atoms with van der Waals surface area (Å²) < 4.78 is 9.95. The number of carbonyl (C=O) groups excluding carboxylic acids is 1. The monoisotopic (exact) mass is 405 g/mol. The molecule has 3 aromatic rings. The second-order valence-corrected chi connectivity index (χ2v) is 8.79. The Morgan fingerprint density at radius 2 is 2.10 bits per heavy atom. The van der Waals surface area contributed by atoms with Crippen LogP contribution in [0.2, 0.25) is 0 Å². The van der Waals surface area contributed by atoms with E-state index in [0.717, 1.165) is 39.9 Å². The van der Waals surface area contributed by atoms with Gasteiger partial charge < -0.3 is 4.74 Å². The second kappa shape index (κ2) is 7.28. The van der Waals surface area contributed by atoms with E-state index in [2.05, 4.69) is 16.3 Å². The zero-order valence-corrected chi connectivity index (χ0v) is 18.1. The molecule has 30 heavy (non-hydrogen) atoms. The number of ether oxygens (including phenoxy) is 1. The molecule has 0 unspecified atom stereocenters. The van der Waals surface area contributed by atoms with Gasteiger partial charge in [-0.1, -0.05) is 0 Å². The van der Waals surface area contributed by atoms with Gasteiger partial charge in [-0.15, -0.1) is 0 Å². The molecule has 1 aliphatic rings. The van der Waals surface area contributed by atoms with E-state index >= 15 is 0 Å². The number of ketones is 1. The maximum absolute atomic E-state index is 11.7. The average Bonchev–Trinajstić information content (AvgIpc) is 3.42. The molecule has 0 N–H and O–H groups in total. The number of aryl methyl sites for hydroxylation is 2. The first-order chi connectivity index (χ1) is 14.2. The van der Waals surface area contributed by atoms with Gasteiger partial charge in [-0.3, -0.25) is 14.2 Å². The average molecular weight is 406 g/mol. The van der Waals surface area contributed by atoms with Gasteiger partial charge in [0.1, 0.15) is 17.1 Å². The summed E-state index contributed by atoms with van der Waals surface area (Å²) in [5.74, 6) is 1.33. The van der Waals surface area contributed by atoms with E-state index in [-0.39, 0.29) is 12.0 Å². The Morgan fingerprint density at radius 3 is 2.77 bits per heavy atom. The van der Waals surface area contributed by atoms with Crippen LogP contribution in [-0.2, 0) is 17.4 Å². The molecular formula is C23H27N5O2. The minimum Gasteiger partial charge on any atom is -0.490 e. The van der Waals surface area contributed by atoms with Crippen LogP contribution in [0.15, 0.2) is 24.5 Å². The molecule has 7 heteroatoms. The number of carbonyl (C=O) groups is 1. The molecule has 0 radical (unpaired) electrons. The molecule has 1 aliphatic carbocycles. The SMILES string of the molecule is Cc1c2c(O[C@H](C)[C@H]3CCC(=O)C3)cc(-c3cnn(C(C)(C)C#N)c3)cc2nn1C. The Kier molecular flexibility index (Phi) is 4.89. The molecule has 2 heterocycles. The number of nitriles is 1. The molecule has 0 spiro atoms. The lowest BCUT2D eigenvalue weighted by Crippen LogP contribution is -2.24. The lowest BCUT2D eigenvalue weighted by atomic mass is 10.0. The predicted molar refractivity (Wildman–Crippen MR) is 114 cm³/mol. The summed E-state index contributed by atoms with van der Waals surface area (Å²) in [7, 11) is 1.92. The summed E-state index contributed by atoms with van der Waals surface area (Å²) in [4.78, 5) is 11.7. The minimum absolute atomic E-state index is 0.0604. The van der Waals surface area contributed by atoms with E-state index in [9.17, 15) is 10.1 Å². The topological polar surface area (TPSA) is 85.7 Å². The van der Waals surface area contributed by atoms with E-state index in [1.54, 1.807) is 10.9 Å². The molecule has 0 amide bonds. The van der Waals surface area contributed by atoms with Gasteiger partial charge in [-0.2, -0.15) is 15.5 Å². The van der Waals surface area contributed by atoms with E-state index in [4.69, 9.17) is 4.74 Å². The van der Waals surface area contributed by atoms with Gasteiger partial charge in [0.15, 0.2) is 0 Å². The standard InChI is InChI=1S/C23H27N5O2/c1-14-22-20(26-27(14)5)9-17(18-11-25-28(12-18)23(3,4)13-24)10-21(22)30-15(2)16-6-7-19(29)8-16/h9-12,15-16H,6-8H2,1-5H3/t15-,16+/m1/s1. The Bertz CT molecular complexity index is 1160. The highest BCUT2D eigenvalue weighted by Crippen LogP contribution is 2.37. The second-order valence-electron chi connectivity index (χ2n) is 8.79. The molecule has 1 fully saturated rings. The largest absolute Gasteiger partial charge is 0.490 e. The normalized spacial score (nSPS) is 18.0. The maximum atomic E-state index is 11.7. The molecule has 156 valence electrons. The van der Waals surface area contributed by atoms with Crippen molar-refractivity contribution in [1.82, 2.24) is 19.6 Å². The minimum atomic E-state index is -0.729. The fourth-order valence-corrected chi connectivity index (χ4v) is 4.07. The molecule has 1 saturated carbocycles. The van der Waals surface area contributed by atoms with Crippen LogP contribution in [0.4, 0.5) is 0 Å². The summed E-state index contributed by atoms with van der Waals surface area (Å²) in [6, 6.07) is 6.31. The molecule has 2 atom stereocenters. The van der Waals surface area contributed by atoms with Gasteiger partial charge in [0, 0.05) is 43.3 Å². The summed E-state index contributed by atoms with van der Waals surface area (Å²) in [6.45, 7) is 7.72. The molecule has 0 bridgehead atoms. The highest BCUT2D eigenvalue weighted by atomic mass is 16.5. The van der Waals surface area contributed by atoms with E-state index in [0.29, 0.717) is 18.6 Å². The van der Waals surface area contributed by atoms with Gasteiger partial charge in [0.25, 0.3) is 0 Å². The van der Waals surface area contributed by atoms with Crippen LogP contribution < -0.4 is 4.74 Å². The molecule has 1 aromatic carbocycles. The highest BCUT2D eigenvalue weighted by molar-refractivity contribution is 5.92. The van der Waals surface area contributed by atoms with Crippen molar-refractivity contribution in [2.24, 2.45) is 13.0 Å². The van der Waals surface area contributed by atoms with Crippen molar-refractivity contribution in [3.8, 4) is 22.9 Å². The molecule has 7 nitrogen and oxygen atoms in total. The number of fused-ring (bicyclic) bond motifs is 1. The third kappa shape index (κ3) is 3.47. The van der Waals surface area contributed by atoms with Crippen LogP contribution in [0.5, 0.6) is 5.75 Å². The van der Waals surface area contributed by atoms with Gasteiger partial charge in [0.2, 0.25) is 0 Å². The van der Waals surface area contributed by atoms with Crippen molar-refractivity contribution in [3.63, 3.8) is 0 Å². The Balaban J connectivity index is 1.76. The predicted octanol–water partition coefficient (Wildman–Crippen LogP) is 4.14. The summed E-state index contributed by atoms with van der Waals surface area (Å²) in [6.07, 6.45) is 5.70. The first kappa shape index (κ1) is 20.1. The maximum Gasteiger partial charge on any atom is 0.143 e. The number of hydrogen-bond acceptors (Lipinski definition) is 5. The molecule has 2 aromatic heterocycles. The van der Waals surface area contributed by atoms with E-state index < -0.39 is 5.54 Å². The first-order valence-electron chi connectivity index (χ1n) is 10.3. The smallest absolute Gasteiger partial charge is 0.143 e. The van der Waals surface area contributed by atoms with Crippen LogP contribution in [0.1, 0.15) is 45.7 Å². The van der Waals surface area contributed by atoms with Crippen molar-refractivity contribution < 1.29 is 9.53 Å². The molecule has 0 aliphatic heterocycles. The summed E-state index contributed by atoms with van der Waals surface area (Å²) in [5, 5.41) is 19.4.